The molecule has 9 heteroatoms. The first kappa shape index (κ1) is 17.4. The maximum atomic E-state index is 14.2. The number of piperidine rings is 1. The summed E-state index contributed by atoms with van der Waals surface area (Å²) in [5.41, 5.74) is 7.11. The Morgan fingerprint density at radius 1 is 1.38 bits per heavy atom. The standard InChI is InChI=1S/C17H20FN5O2S/c1-10-19-22-17(25-10)26-9-15(24)23-7-6-14-12(8-23)16(21-20-14)11-4-2-3-5-13(11)18/h2-5,12,14,16,20-21H,6-9H2,1H3. The summed E-state index contributed by atoms with van der Waals surface area (Å²) >= 11 is 1.25. The number of halogens is 1. The molecule has 0 spiro atoms. The number of nitrogens with zero attached hydrogens (tertiary/aromatic N) is 3. The lowest BCUT2D eigenvalue weighted by Gasteiger charge is -2.36. The Morgan fingerprint density at radius 2 is 2.23 bits per heavy atom. The summed E-state index contributed by atoms with van der Waals surface area (Å²) in [7, 11) is 0. The van der Waals surface area contributed by atoms with Crippen LogP contribution in [0.4, 0.5) is 4.39 Å². The number of carbonyl (C=O) groups excluding carboxylic acids is 1. The SMILES string of the molecule is Cc1nnc(SCC(=O)N2CCC3NNC(c4ccccc4F)C3C2)o1. The fraction of sp³-hybridized carbons (Fsp3) is 0.471. The summed E-state index contributed by atoms with van der Waals surface area (Å²) in [6.07, 6.45) is 0.832. The average Bonchev–Trinajstić information content (AvgIpc) is 3.25. The zero-order valence-corrected chi connectivity index (χ0v) is 15.1. The van der Waals surface area contributed by atoms with Crippen LogP contribution >= 0.6 is 11.8 Å². The van der Waals surface area contributed by atoms with Crippen LogP contribution < -0.4 is 10.9 Å². The zero-order valence-electron chi connectivity index (χ0n) is 14.3. The molecule has 0 radical (unpaired) electrons. The minimum Gasteiger partial charge on any atom is -0.416 e. The highest BCUT2D eigenvalue weighted by Gasteiger charge is 2.42. The van der Waals surface area contributed by atoms with Crippen molar-refractivity contribution in [2.45, 2.75) is 30.7 Å². The van der Waals surface area contributed by atoms with Gasteiger partial charge in [-0.2, -0.15) is 0 Å². The van der Waals surface area contributed by atoms with Crippen molar-refractivity contribution >= 4 is 17.7 Å². The number of rotatable bonds is 4. The number of nitrogens with one attached hydrogen (secondary N) is 2. The van der Waals surface area contributed by atoms with Crippen LogP contribution in [0.5, 0.6) is 0 Å². The zero-order chi connectivity index (χ0) is 18.1. The number of fused-ring (bicyclic) bond motifs is 1. The van der Waals surface area contributed by atoms with Crippen LogP contribution in [0.15, 0.2) is 33.9 Å². The molecule has 2 saturated heterocycles. The molecule has 26 heavy (non-hydrogen) atoms. The second-order valence-corrected chi connectivity index (χ2v) is 7.49. The van der Waals surface area contributed by atoms with Gasteiger partial charge < -0.3 is 9.32 Å². The molecular weight excluding hydrogens is 357 g/mol. The summed E-state index contributed by atoms with van der Waals surface area (Å²) in [6.45, 7) is 2.99. The highest BCUT2D eigenvalue weighted by molar-refractivity contribution is 7.99. The third kappa shape index (κ3) is 3.46. The van der Waals surface area contributed by atoms with Crippen molar-refractivity contribution in [3.8, 4) is 0 Å². The molecule has 4 rings (SSSR count). The molecule has 2 N–H and O–H groups in total. The fourth-order valence-electron chi connectivity index (χ4n) is 3.62. The van der Waals surface area contributed by atoms with Crippen LogP contribution in [-0.4, -0.2) is 45.9 Å². The Bertz CT molecular complexity index is 801. The van der Waals surface area contributed by atoms with Crippen molar-refractivity contribution in [2.24, 2.45) is 5.92 Å². The molecule has 138 valence electrons. The van der Waals surface area contributed by atoms with Crippen molar-refractivity contribution in [3.05, 3.63) is 41.5 Å². The van der Waals surface area contributed by atoms with Gasteiger partial charge in [-0.15, -0.1) is 10.2 Å². The number of thioether (sulfide) groups is 1. The molecule has 3 heterocycles. The maximum Gasteiger partial charge on any atom is 0.277 e. The van der Waals surface area contributed by atoms with Gasteiger partial charge in [0.2, 0.25) is 11.8 Å². The quantitative estimate of drug-likeness (QED) is 0.784. The van der Waals surface area contributed by atoms with E-state index >= 15 is 0 Å². The fourth-order valence-corrected chi connectivity index (χ4v) is 4.32. The van der Waals surface area contributed by atoms with Gasteiger partial charge in [0, 0.05) is 37.5 Å². The number of aromatic nitrogens is 2. The highest BCUT2D eigenvalue weighted by Crippen LogP contribution is 2.35. The first-order valence-electron chi connectivity index (χ1n) is 8.58. The molecule has 1 amide bonds. The molecule has 2 aromatic rings. The topological polar surface area (TPSA) is 83.3 Å². The van der Waals surface area contributed by atoms with E-state index < -0.39 is 0 Å². The summed E-state index contributed by atoms with van der Waals surface area (Å²) in [4.78, 5) is 14.4. The third-order valence-corrected chi connectivity index (χ3v) is 5.73. The van der Waals surface area contributed by atoms with Gasteiger partial charge in [-0.1, -0.05) is 30.0 Å². The van der Waals surface area contributed by atoms with Crippen LogP contribution in [0.3, 0.4) is 0 Å². The monoisotopic (exact) mass is 377 g/mol. The van der Waals surface area contributed by atoms with E-state index in [1.807, 2.05) is 11.0 Å². The second kappa shape index (κ2) is 7.34. The number of amides is 1. The van der Waals surface area contributed by atoms with E-state index in [9.17, 15) is 9.18 Å². The van der Waals surface area contributed by atoms with Crippen LogP contribution in [0.2, 0.25) is 0 Å². The summed E-state index contributed by atoms with van der Waals surface area (Å²) in [5.74, 6) is 0.670. The molecular formula is C17H20FN5O2S. The van der Waals surface area contributed by atoms with Crippen LogP contribution in [0.1, 0.15) is 23.9 Å². The molecule has 7 nitrogen and oxygen atoms in total. The van der Waals surface area contributed by atoms with E-state index in [0.717, 1.165) is 6.42 Å². The van der Waals surface area contributed by atoms with Gasteiger partial charge in [0.1, 0.15) is 5.82 Å². The van der Waals surface area contributed by atoms with Gasteiger partial charge in [-0.3, -0.25) is 10.2 Å². The summed E-state index contributed by atoms with van der Waals surface area (Å²) in [6, 6.07) is 6.87. The molecule has 1 aromatic carbocycles. The molecule has 0 bridgehead atoms. The first-order chi connectivity index (χ1) is 12.6. The lowest BCUT2D eigenvalue weighted by molar-refractivity contribution is -0.130. The molecule has 3 atom stereocenters. The Hall–Kier alpha value is -1.97. The van der Waals surface area contributed by atoms with E-state index in [1.165, 1.54) is 17.8 Å². The Kier molecular flexibility index (Phi) is 4.92. The number of hydrogen-bond acceptors (Lipinski definition) is 7. The van der Waals surface area contributed by atoms with Crippen molar-refractivity contribution in [3.63, 3.8) is 0 Å². The van der Waals surface area contributed by atoms with E-state index in [4.69, 9.17) is 4.42 Å². The largest absolute Gasteiger partial charge is 0.416 e. The van der Waals surface area contributed by atoms with Gasteiger partial charge in [0.25, 0.3) is 5.22 Å². The number of hydrazine groups is 1. The van der Waals surface area contributed by atoms with E-state index in [-0.39, 0.29) is 35.5 Å². The first-order valence-corrected chi connectivity index (χ1v) is 9.56. The number of aryl methyl sites for hydroxylation is 1. The minimum atomic E-state index is -0.224. The lowest BCUT2D eigenvalue weighted by atomic mass is 9.85. The van der Waals surface area contributed by atoms with Gasteiger partial charge in [0.15, 0.2) is 0 Å². The molecule has 2 fully saturated rings. The van der Waals surface area contributed by atoms with Gasteiger partial charge in [0.05, 0.1) is 11.8 Å². The number of likely N-dealkylation sites (tertiary alicyclic amines) is 1. The highest BCUT2D eigenvalue weighted by atomic mass is 32.2. The lowest BCUT2D eigenvalue weighted by Crippen LogP contribution is -2.48. The minimum absolute atomic E-state index is 0.0310. The Labute approximate surface area is 154 Å². The maximum absolute atomic E-state index is 14.2. The molecule has 0 saturated carbocycles. The Balaban J connectivity index is 1.41. The van der Waals surface area contributed by atoms with Crippen LogP contribution in [-0.2, 0) is 4.79 Å². The molecule has 2 aliphatic rings. The summed E-state index contributed by atoms with van der Waals surface area (Å²) in [5, 5.41) is 8.05. The van der Waals surface area contributed by atoms with Crippen molar-refractivity contribution < 1.29 is 13.6 Å². The predicted octanol–water partition coefficient (Wildman–Crippen LogP) is 1.68. The van der Waals surface area contributed by atoms with Gasteiger partial charge in [-0.05, 0) is 12.5 Å². The number of carbonyl (C=O) groups is 1. The van der Waals surface area contributed by atoms with Crippen molar-refractivity contribution in [1.29, 1.82) is 0 Å². The molecule has 0 aliphatic carbocycles. The van der Waals surface area contributed by atoms with E-state index in [2.05, 4.69) is 21.0 Å². The number of benzene rings is 1. The van der Waals surface area contributed by atoms with Gasteiger partial charge >= 0.3 is 0 Å². The number of hydrogen-bond donors (Lipinski definition) is 2. The molecule has 1 aromatic heterocycles. The average molecular weight is 377 g/mol. The van der Waals surface area contributed by atoms with E-state index in [0.29, 0.717) is 29.8 Å². The van der Waals surface area contributed by atoms with Crippen molar-refractivity contribution in [2.75, 3.05) is 18.8 Å². The summed E-state index contributed by atoms with van der Waals surface area (Å²) < 4.78 is 19.5. The molecule has 2 aliphatic heterocycles. The Morgan fingerprint density at radius 3 is 3.00 bits per heavy atom. The third-order valence-electron chi connectivity index (χ3n) is 4.93. The van der Waals surface area contributed by atoms with Crippen LogP contribution in [0.25, 0.3) is 0 Å². The van der Waals surface area contributed by atoms with Gasteiger partial charge in [-0.25, -0.2) is 9.82 Å². The molecule has 3 unspecified atom stereocenters. The van der Waals surface area contributed by atoms with Crippen LogP contribution in [0, 0.1) is 18.7 Å². The normalized spacial score (nSPS) is 25.3. The smallest absolute Gasteiger partial charge is 0.277 e. The van der Waals surface area contributed by atoms with E-state index in [1.54, 1.807) is 19.1 Å². The van der Waals surface area contributed by atoms with Crippen molar-refractivity contribution in [1.82, 2.24) is 25.9 Å². The predicted molar refractivity (Wildman–Crippen MR) is 93.6 cm³/mol. The second-order valence-electron chi connectivity index (χ2n) is 6.56.